The molecule has 1 amide bonds. The summed E-state index contributed by atoms with van der Waals surface area (Å²) in [6.07, 6.45) is 2.63. The van der Waals surface area contributed by atoms with Gasteiger partial charge in [-0.25, -0.2) is 9.59 Å². The summed E-state index contributed by atoms with van der Waals surface area (Å²) in [6.45, 7) is 6.24. The number of hydrogen-bond donors (Lipinski definition) is 0. The molecule has 0 aliphatic rings. The van der Waals surface area contributed by atoms with Crippen molar-refractivity contribution >= 4 is 18.1 Å². The molecule has 0 atom stereocenters. The van der Waals surface area contributed by atoms with Crippen LogP contribution in [0.15, 0.2) is 30.3 Å². The molecule has 0 radical (unpaired) electrons. The molecular weight excluding hydrogens is 310 g/mol. The third-order valence-corrected chi connectivity index (χ3v) is 2.89. The second-order valence-electron chi connectivity index (χ2n) is 6.18. The molecule has 0 fully saturated rings. The molecule has 0 spiro atoms. The molecule has 1 rings (SSSR count). The van der Waals surface area contributed by atoms with Crippen molar-refractivity contribution in [2.75, 3.05) is 27.3 Å². The summed E-state index contributed by atoms with van der Waals surface area (Å²) in [5.41, 5.74) is 0.346. The van der Waals surface area contributed by atoms with Gasteiger partial charge in [-0.05, 0) is 44.5 Å². The number of likely N-dealkylation sites (N-methyl/N-ethyl adjacent to an activating group) is 1. The number of carbonyl (C=O) groups excluding carboxylic acids is 2. The summed E-state index contributed by atoms with van der Waals surface area (Å²) in [6, 6.07) is 7.24. The second kappa shape index (κ2) is 8.96. The number of methoxy groups -OCH3 is 1. The molecule has 0 saturated carbocycles. The first-order valence-electron chi connectivity index (χ1n) is 7.64. The van der Waals surface area contributed by atoms with E-state index < -0.39 is 11.6 Å². The van der Waals surface area contributed by atoms with Gasteiger partial charge < -0.3 is 19.1 Å². The standard InChI is InChI=1S/C18H25NO5/c1-18(2,3)24-17(21)19(4)12-13-23-15-9-6-14(7-10-15)8-11-16(20)22-5/h6-11H,12-13H2,1-5H3/b11-8+. The number of nitrogens with zero attached hydrogens (tertiary/aromatic N) is 1. The maximum absolute atomic E-state index is 11.8. The predicted molar refractivity (Wildman–Crippen MR) is 91.9 cm³/mol. The maximum Gasteiger partial charge on any atom is 0.410 e. The molecule has 0 saturated heterocycles. The van der Waals surface area contributed by atoms with Crippen LogP contribution in [0, 0.1) is 0 Å². The summed E-state index contributed by atoms with van der Waals surface area (Å²) < 4.78 is 15.4. The van der Waals surface area contributed by atoms with E-state index in [1.165, 1.54) is 18.1 Å². The minimum atomic E-state index is -0.514. The highest BCUT2D eigenvalue weighted by Crippen LogP contribution is 2.13. The Bertz CT molecular complexity index is 572. The van der Waals surface area contributed by atoms with Gasteiger partial charge in [0.25, 0.3) is 0 Å². The highest BCUT2D eigenvalue weighted by Gasteiger charge is 2.19. The van der Waals surface area contributed by atoms with Gasteiger partial charge in [-0.3, -0.25) is 0 Å². The van der Waals surface area contributed by atoms with Gasteiger partial charge in [0, 0.05) is 13.1 Å². The number of rotatable bonds is 6. The molecule has 0 unspecified atom stereocenters. The van der Waals surface area contributed by atoms with Crippen LogP contribution < -0.4 is 4.74 Å². The Balaban J connectivity index is 2.41. The van der Waals surface area contributed by atoms with Crippen molar-refractivity contribution in [2.24, 2.45) is 0 Å². The molecule has 6 heteroatoms. The van der Waals surface area contributed by atoms with E-state index in [1.807, 2.05) is 32.9 Å². The number of benzene rings is 1. The molecule has 0 N–H and O–H groups in total. The number of hydrogen-bond acceptors (Lipinski definition) is 5. The molecular formula is C18H25NO5. The van der Waals surface area contributed by atoms with Crippen LogP contribution in [0.5, 0.6) is 5.75 Å². The molecule has 132 valence electrons. The summed E-state index contributed by atoms with van der Waals surface area (Å²) in [5.74, 6) is 0.281. The van der Waals surface area contributed by atoms with Gasteiger partial charge in [0.05, 0.1) is 13.7 Å². The van der Waals surface area contributed by atoms with Gasteiger partial charge in [0.15, 0.2) is 0 Å². The van der Waals surface area contributed by atoms with Crippen LogP contribution in [-0.4, -0.2) is 49.9 Å². The largest absolute Gasteiger partial charge is 0.492 e. The third kappa shape index (κ3) is 7.67. The van der Waals surface area contributed by atoms with Crippen molar-refractivity contribution in [3.05, 3.63) is 35.9 Å². The number of amides is 1. The van der Waals surface area contributed by atoms with Crippen LogP contribution in [0.4, 0.5) is 4.79 Å². The highest BCUT2D eigenvalue weighted by atomic mass is 16.6. The molecule has 0 aliphatic heterocycles. The molecule has 0 bridgehead atoms. The Morgan fingerprint density at radius 1 is 1.17 bits per heavy atom. The summed E-state index contributed by atoms with van der Waals surface area (Å²) in [7, 11) is 3.00. The van der Waals surface area contributed by atoms with E-state index in [4.69, 9.17) is 9.47 Å². The first-order valence-corrected chi connectivity index (χ1v) is 7.64. The minimum absolute atomic E-state index is 0.354. The van der Waals surface area contributed by atoms with Gasteiger partial charge >= 0.3 is 12.1 Å². The predicted octanol–water partition coefficient (Wildman–Crippen LogP) is 3.12. The Morgan fingerprint density at radius 2 is 1.79 bits per heavy atom. The molecule has 6 nitrogen and oxygen atoms in total. The van der Waals surface area contributed by atoms with Crippen molar-refractivity contribution in [3.8, 4) is 5.75 Å². The lowest BCUT2D eigenvalue weighted by atomic mass is 10.2. The number of esters is 1. The molecule has 0 aromatic heterocycles. The van der Waals surface area contributed by atoms with Crippen molar-refractivity contribution in [3.63, 3.8) is 0 Å². The van der Waals surface area contributed by atoms with Crippen molar-refractivity contribution in [2.45, 2.75) is 26.4 Å². The highest BCUT2D eigenvalue weighted by molar-refractivity contribution is 5.86. The summed E-state index contributed by atoms with van der Waals surface area (Å²) >= 11 is 0. The fourth-order valence-corrected chi connectivity index (χ4v) is 1.64. The lowest BCUT2D eigenvalue weighted by Gasteiger charge is -2.24. The van der Waals surface area contributed by atoms with Crippen molar-refractivity contribution in [1.82, 2.24) is 4.90 Å². The molecule has 0 aliphatic carbocycles. The van der Waals surface area contributed by atoms with Crippen LogP contribution in [0.1, 0.15) is 26.3 Å². The lowest BCUT2D eigenvalue weighted by molar-refractivity contribution is -0.134. The van der Waals surface area contributed by atoms with E-state index in [0.29, 0.717) is 18.9 Å². The lowest BCUT2D eigenvalue weighted by Crippen LogP contribution is -2.36. The number of ether oxygens (including phenoxy) is 3. The second-order valence-corrected chi connectivity index (χ2v) is 6.18. The van der Waals surface area contributed by atoms with E-state index in [1.54, 1.807) is 25.3 Å². The third-order valence-electron chi connectivity index (χ3n) is 2.89. The zero-order chi connectivity index (χ0) is 18.2. The minimum Gasteiger partial charge on any atom is -0.492 e. The quantitative estimate of drug-likeness (QED) is 0.590. The van der Waals surface area contributed by atoms with Gasteiger partial charge in [0.2, 0.25) is 0 Å². The van der Waals surface area contributed by atoms with E-state index in [0.717, 1.165) is 5.56 Å². The van der Waals surface area contributed by atoms with E-state index in [9.17, 15) is 9.59 Å². The monoisotopic (exact) mass is 335 g/mol. The topological polar surface area (TPSA) is 65.1 Å². The van der Waals surface area contributed by atoms with E-state index in [2.05, 4.69) is 4.74 Å². The van der Waals surface area contributed by atoms with Gasteiger partial charge in [-0.2, -0.15) is 0 Å². The summed E-state index contributed by atoms with van der Waals surface area (Å²) in [5, 5.41) is 0. The van der Waals surface area contributed by atoms with E-state index >= 15 is 0 Å². The van der Waals surface area contributed by atoms with Crippen molar-refractivity contribution < 1.29 is 23.8 Å². The maximum atomic E-state index is 11.8. The molecule has 1 aromatic rings. The van der Waals surface area contributed by atoms with Crippen molar-refractivity contribution in [1.29, 1.82) is 0 Å². The molecule has 1 aromatic carbocycles. The molecule has 0 heterocycles. The normalized spacial score (nSPS) is 11.2. The van der Waals surface area contributed by atoms with Crippen LogP contribution in [0.2, 0.25) is 0 Å². The van der Waals surface area contributed by atoms with Gasteiger partial charge in [-0.1, -0.05) is 12.1 Å². The molecule has 24 heavy (non-hydrogen) atoms. The number of carbonyl (C=O) groups is 2. The van der Waals surface area contributed by atoms with Gasteiger partial charge in [0.1, 0.15) is 18.0 Å². The van der Waals surface area contributed by atoms with E-state index in [-0.39, 0.29) is 6.09 Å². The summed E-state index contributed by atoms with van der Waals surface area (Å²) in [4.78, 5) is 24.3. The fourth-order valence-electron chi connectivity index (χ4n) is 1.64. The zero-order valence-corrected chi connectivity index (χ0v) is 14.9. The Kier molecular flexibility index (Phi) is 7.30. The van der Waals surface area contributed by atoms with Crippen LogP contribution in [0.25, 0.3) is 6.08 Å². The van der Waals surface area contributed by atoms with Crippen LogP contribution in [0.3, 0.4) is 0 Å². The van der Waals surface area contributed by atoms with Gasteiger partial charge in [-0.15, -0.1) is 0 Å². The first kappa shape index (κ1) is 19.5. The fraction of sp³-hybridized carbons (Fsp3) is 0.444. The zero-order valence-electron chi connectivity index (χ0n) is 14.9. The van der Waals surface area contributed by atoms with Crippen LogP contribution in [-0.2, 0) is 14.3 Å². The SMILES string of the molecule is COC(=O)/C=C/c1ccc(OCCN(C)C(=O)OC(C)(C)C)cc1. The Hall–Kier alpha value is -2.50. The first-order chi connectivity index (χ1) is 11.2. The Morgan fingerprint density at radius 3 is 2.33 bits per heavy atom. The average molecular weight is 335 g/mol. The Labute approximate surface area is 143 Å². The smallest absolute Gasteiger partial charge is 0.410 e. The average Bonchev–Trinajstić information content (AvgIpc) is 2.52. The van der Waals surface area contributed by atoms with Crippen LogP contribution >= 0.6 is 0 Å².